The van der Waals surface area contributed by atoms with Crippen LogP contribution in [0.25, 0.3) is 22.4 Å². The second kappa shape index (κ2) is 9.76. The fraction of sp³-hybridized carbons (Fsp3) is 0.367. The summed E-state index contributed by atoms with van der Waals surface area (Å²) in [5.41, 5.74) is 7.88. The molecular weight excluding hydrogens is 474 g/mol. The summed E-state index contributed by atoms with van der Waals surface area (Å²) in [6, 6.07) is 15.6. The van der Waals surface area contributed by atoms with Crippen LogP contribution >= 0.6 is 0 Å². The van der Waals surface area contributed by atoms with Crippen LogP contribution in [0, 0.1) is 6.92 Å². The fourth-order valence-corrected chi connectivity index (χ4v) is 5.75. The molecule has 2 aromatic carbocycles. The number of amides is 1. The second-order valence-electron chi connectivity index (χ2n) is 10.6. The van der Waals surface area contributed by atoms with Crippen molar-refractivity contribution in [2.75, 3.05) is 18.0 Å². The minimum absolute atomic E-state index is 0.0528. The lowest BCUT2D eigenvalue weighted by Gasteiger charge is -2.30. The van der Waals surface area contributed by atoms with Gasteiger partial charge in [-0.05, 0) is 80.3 Å². The van der Waals surface area contributed by atoms with E-state index in [1.165, 1.54) is 6.42 Å². The quantitative estimate of drug-likeness (QED) is 0.388. The maximum Gasteiger partial charge on any atom is 0.252 e. The van der Waals surface area contributed by atoms with Gasteiger partial charge in [0.15, 0.2) is 0 Å². The van der Waals surface area contributed by atoms with E-state index in [2.05, 4.69) is 64.0 Å². The van der Waals surface area contributed by atoms with E-state index in [0.717, 1.165) is 64.4 Å². The first-order valence-corrected chi connectivity index (χ1v) is 13.5. The highest BCUT2D eigenvalue weighted by Crippen LogP contribution is 2.32. The van der Waals surface area contributed by atoms with E-state index in [4.69, 9.17) is 5.10 Å². The molecule has 8 heteroatoms. The van der Waals surface area contributed by atoms with Crippen molar-refractivity contribution in [3.63, 3.8) is 0 Å². The zero-order valence-corrected chi connectivity index (χ0v) is 22.5. The van der Waals surface area contributed by atoms with Gasteiger partial charge < -0.3 is 15.5 Å². The first kappa shape index (κ1) is 24.4. The van der Waals surface area contributed by atoms with E-state index < -0.39 is 0 Å². The molecule has 4 heterocycles. The van der Waals surface area contributed by atoms with Gasteiger partial charge in [-0.25, -0.2) is 0 Å². The number of fused-ring (bicyclic) bond motifs is 2. The Bertz CT molecular complexity index is 1490. The summed E-state index contributed by atoms with van der Waals surface area (Å²) >= 11 is 0. The maximum atomic E-state index is 13.6. The van der Waals surface area contributed by atoms with Crippen molar-refractivity contribution < 1.29 is 4.79 Å². The molecular formula is C30H35N7O. The van der Waals surface area contributed by atoms with Crippen LogP contribution in [0.1, 0.15) is 47.8 Å². The zero-order chi connectivity index (χ0) is 26.4. The van der Waals surface area contributed by atoms with Gasteiger partial charge in [0.1, 0.15) is 0 Å². The highest BCUT2D eigenvalue weighted by atomic mass is 16.1. The lowest BCUT2D eigenvalue weighted by molar-refractivity contribution is 0.0939. The smallest absolute Gasteiger partial charge is 0.252 e. The van der Waals surface area contributed by atoms with E-state index in [1.807, 2.05) is 50.2 Å². The fourth-order valence-electron chi connectivity index (χ4n) is 5.75. The summed E-state index contributed by atoms with van der Waals surface area (Å²) in [5.74, 6) is -0.0528. The Balaban J connectivity index is 1.29. The molecule has 2 N–H and O–H groups in total. The molecule has 0 aliphatic carbocycles. The summed E-state index contributed by atoms with van der Waals surface area (Å²) in [6.07, 6.45) is 7.05. The molecule has 2 fully saturated rings. The van der Waals surface area contributed by atoms with Crippen LogP contribution in [0.2, 0.25) is 0 Å². The number of nitrogens with zero attached hydrogens (tertiary/aromatic N) is 5. The van der Waals surface area contributed by atoms with Crippen LogP contribution < -0.4 is 15.5 Å². The number of rotatable bonds is 7. The van der Waals surface area contributed by atoms with E-state index >= 15 is 0 Å². The van der Waals surface area contributed by atoms with Gasteiger partial charge in [-0.1, -0.05) is 6.07 Å². The highest BCUT2D eigenvalue weighted by Gasteiger charge is 2.37. The average Bonchev–Trinajstić information content (AvgIpc) is 3.73. The summed E-state index contributed by atoms with van der Waals surface area (Å²) in [5, 5.41) is 15.9. The van der Waals surface area contributed by atoms with Crippen molar-refractivity contribution in [1.82, 2.24) is 30.2 Å². The summed E-state index contributed by atoms with van der Waals surface area (Å²) < 4.78 is 3.73. The molecule has 3 atom stereocenters. The van der Waals surface area contributed by atoms with Gasteiger partial charge in [-0.15, -0.1) is 0 Å². The molecule has 196 valence electrons. The molecule has 2 bridgehead atoms. The SMILES string of the molecule is CCn1ccc(-c2cc(-c3cnn(C)c3)cc([C@@H](C)NC(=O)c3cc(N4C[C@H]5C[C@@H]4CN5)ccc3C)c2)n1. The van der Waals surface area contributed by atoms with Gasteiger partial charge in [-0.2, -0.15) is 10.2 Å². The molecule has 0 saturated carbocycles. The van der Waals surface area contributed by atoms with Crippen LogP contribution in [-0.4, -0.2) is 50.6 Å². The number of piperazine rings is 1. The van der Waals surface area contributed by atoms with E-state index in [9.17, 15) is 4.79 Å². The Hall–Kier alpha value is -3.91. The molecule has 0 unspecified atom stereocenters. The highest BCUT2D eigenvalue weighted by molar-refractivity contribution is 5.97. The largest absolute Gasteiger partial charge is 0.366 e. The molecule has 2 saturated heterocycles. The number of anilines is 1. The van der Waals surface area contributed by atoms with Crippen LogP contribution in [-0.2, 0) is 13.6 Å². The van der Waals surface area contributed by atoms with Crippen LogP contribution in [0.4, 0.5) is 5.69 Å². The van der Waals surface area contributed by atoms with Crippen molar-refractivity contribution in [2.45, 2.75) is 51.9 Å². The second-order valence-corrected chi connectivity index (χ2v) is 10.6. The summed E-state index contributed by atoms with van der Waals surface area (Å²) in [7, 11) is 1.92. The third-order valence-corrected chi connectivity index (χ3v) is 7.96. The van der Waals surface area contributed by atoms with Crippen LogP contribution in [0.3, 0.4) is 0 Å². The molecule has 0 spiro atoms. The monoisotopic (exact) mass is 509 g/mol. The minimum atomic E-state index is -0.193. The number of aromatic nitrogens is 4. The van der Waals surface area contributed by atoms with Crippen molar-refractivity contribution in [1.29, 1.82) is 0 Å². The van der Waals surface area contributed by atoms with E-state index in [1.54, 1.807) is 4.68 Å². The third kappa shape index (κ3) is 4.60. The zero-order valence-electron chi connectivity index (χ0n) is 22.5. The molecule has 4 aromatic rings. The van der Waals surface area contributed by atoms with Crippen molar-refractivity contribution in [3.05, 3.63) is 77.7 Å². The van der Waals surface area contributed by atoms with Gasteiger partial charge >= 0.3 is 0 Å². The first-order chi connectivity index (χ1) is 18.4. The Labute approximate surface area is 223 Å². The number of carbonyl (C=O) groups excluding carboxylic acids is 1. The van der Waals surface area contributed by atoms with Crippen molar-refractivity contribution >= 4 is 11.6 Å². The van der Waals surface area contributed by atoms with Gasteiger partial charge in [0, 0.05) is 73.5 Å². The minimum Gasteiger partial charge on any atom is -0.366 e. The Morgan fingerprint density at radius 2 is 2.00 bits per heavy atom. The molecule has 2 aliphatic heterocycles. The third-order valence-electron chi connectivity index (χ3n) is 7.96. The number of nitrogens with one attached hydrogen (secondary N) is 2. The Kier molecular flexibility index (Phi) is 6.27. The number of hydrogen-bond acceptors (Lipinski definition) is 5. The van der Waals surface area contributed by atoms with E-state index in [-0.39, 0.29) is 11.9 Å². The molecule has 38 heavy (non-hydrogen) atoms. The van der Waals surface area contributed by atoms with Crippen molar-refractivity contribution in [3.8, 4) is 22.4 Å². The molecule has 0 radical (unpaired) electrons. The topological polar surface area (TPSA) is 80.0 Å². The number of benzene rings is 2. The predicted molar refractivity (Wildman–Crippen MR) is 150 cm³/mol. The van der Waals surface area contributed by atoms with Crippen LogP contribution in [0.15, 0.2) is 61.1 Å². The molecule has 2 aromatic heterocycles. The number of aryl methyl sites for hydroxylation is 3. The number of carbonyl (C=O) groups is 1. The van der Waals surface area contributed by atoms with Gasteiger partial charge in [0.25, 0.3) is 5.91 Å². The number of hydrogen-bond donors (Lipinski definition) is 2. The molecule has 2 aliphatic rings. The van der Waals surface area contributed by atoms with Gasteiger partial charge in [0.05, 0.1) is 17.9 Å². The molecule has 8 nitrogen and oxygen atoms in total. The van der Waals surface area contributed by atoms with Crippen LogP contribution in [0.5, 0.6) is 0 Å². The standard InChI is InChI=1S/C30H35N7O/c1-5-36-9-8-29(34-36)23-11-21(10-22(12-23)24-15-32-35(4)17-24)20(3)33-30(38)28-14-26(7-6-19(28)2)37-18-25-13-27(37)16-31-25/h6-12,14-15,17,20,25,27,31H,5,13,16,18H2,1-4H3,(H,33,38)/t20-,25-,27-/m1/s1. The summed E-state index contributed by atoms with van der Waals surface area (Å²) in [4.78, 5) is 16.0. The normalized spacial score (nSPS) is 19.2. The van der Waals surface area contributed by atoms with Crippen molar-refractivity contribution in [2.24, 2.45) is 7.05 Å². The molecule has 6 rings (SSSR count). The van der Waals surface area contributed by atoms with Gasteiger partial charge in [0.2, 0.25) is 0 Å². The Morgan fingerprint density at radius 3 is 2.68 bits per heavy atom. The Morgan fingerprint density at radius 1 is 1.16 bits per heavy atom. The van der Waals surface area contributed by atoms with E-state index in [0.29, 0.717) is 12.1 Å². The first-order valence-electron chi connectivity index (χ1n) is 13.5. The predicted octanol–water partition coefficient (Wildman–Crippen LogP) is 4.32. The molecule has 1 amide bonds. The lowest BCUT2D eigenvalue weighted by Crippen LogP contribution is -2.43. The van der Waals surface area contributed by atoms with Gasteiger partial charge in [-0.3, -0.25) is 14.2 Å². The average molecular weight is 510 g/mol. The maximum absolute atomic E-state index is 13.6. The summed E-state index contributed by atoms with van der Waals surface area (Å²) in [6.45, 7) is 8.96. The lowest BCUT2D eigenvalue weighted by atomic mass is 9.96.